The summed E-state index contributed by atoms with van der Waals surface area (Å²) in [6.45, 7) is 5.63. The Balaban J connectivity index is 2.32. The van der Waals surface area contributed by atoms with E-state index in [-0.39, 0.29) is 21.9 Å². The highest BCUT2D eigenvalue weighted by molar-refractivity contribution is 8.01. The normalized spacial score (nSPS) is 39.2. The number of carbonyl (C=O) groups is 2. The van der Waals surface area contributed by atoms with Crippen molar-refractivity contribution in [3.8, 4) is 0 Å². The van der Waals surface area contributed by atoms with Crippen LogP contribution in [0.2, 0.25) is 0 Å². The average Bonchev–Trinajstić information content (AvgIpc) is 2.34. The molecule has 2 aliphatic rings. The Kier molecular flexibility index (Phi) is 1.86. The number of fused-ring (bicyclic) bond motifs is 1. The molecule has 3 atom stereocenters. The van der Waals surface area contributed by atoms with Gasteiger partial charge in [-0.05, 0) is 13.8 Å². The Labute approximate surface area is 86.6 Å². The molecule has 2 saturated heterocycles. The van der Waals surface area contributed by atoms with Gasteiger partial charge in [-0.25, -0.2) is 4.79 Å². The first-order valence-electron chi connectivity index (χ1n) is 4.59. The number of hydrogen-bond donors (Lipinski definition) is 1. The van der Waals surface area contributed by atoms with E-state index in [1.165, 1.54) is 4.90 Å². The highest BCUT2D eigenvalue weighted by Crippen LogP contribution is 2.52. The summed E-state index contributed by atoms with van der Waals surface area (Å²) in [6, 6.07) is -0.666. The fraction of sp³-hybridized carbons (Fsp3) is 0.778. The van der Waals surface area contributed by atoms with E-state index in [2.05, 4.69) is 0 Å². The second kappa shape index (κ2) is 2.66. The van der Waals surface area contributed by atoms with E-state index in [4.69, 9.17) is 5.11 Å². The molecule has 14 heavy (non-hydrogen) atoms. The quantitative estimate of drug-likeness (QED) is 0.656. The van der Waals surface area contributed by atoms with Crippen LogP contribution in [0.25, 0.3) is 0 Å². The van der Waals surface area contributed by atoms with E-state index in [0.717, 1.165) is 0 Å². The standard InChI is InChI=1S/C9H13NO3S/c1-4-6(11)10-5(8(12)13)9(2,3)14-7(4)10/h4-5,7H,1-3H3,(H,12,13)/t4-,5+,7-/m1/s1. The third kappa shape index (κ3) is 1.02. The summed E-state index contributed by atoms with van der Waals surface area (Å²) < 4.78 is -0.378. The lowest BCUT2D eigenvalue weighted by molar-refractivity contribution is -0.162. The van der Waals surface area contributed by atoms with Gasteiger partial charge in [0.05, 0.1) is 11.3 Å². The van der Waals surface area contributed by atoms with Gasteiger partial charge in [0.25, 0.3) is 0 Å². The molecule has 0 aromatic carbocycles. The number of carboxylic acid groups (broad SMARTS) is 1. The van der Waals surface area contributed by atoms with Crippen LogP contribution in [0.15, 0.2) is 0 Å². The molecule has 2 rings (SSSR count). The number of thioether (sulfide) groups is 1. The first kappa shape index (κ1) is 9.83. The molecule has 0 saturated carbocycles. The van der Waals surface area contributed by atoms with Gasteiger partial charge in [0, 0.05) is 4.75 Å². The SMILES string of the molecule is C[C@@H]1C(=O)N2[C@@H]1SC(C)(C)[C@@H]2C(=O)O. The third-order valence-corrected chi connectivity index (χ3v) is 4.65. The molecule has 0 aliphatic carbocycles. The lowest BCUT2D eigenvalue weighted by atomic mass is 9.93. The van der Waals surface area contributed by atoms with Crippen molar-refractivity contribution in [1.82, 2.24) is 4.90 Å². The first-order valence-corrected chi connectivity index (χ1v) is 5.47. The van der Waals surface area contributed by atoms with E-state index >= 15 is 0 Å². The van der Waals surface area contributed by atoms with E-state index in [0.29, 0.717) is 0 Å². The zero-order valence-corrected chi connectivity index (χ0v) is 9.17. The summed E-state index contributed by atoms with van der Waals surface area (Å²) in [5.74, 6) is -0.950. The minimum absolute atomic E-state index is 0.0244. The zero-order valence-electron chi connectivity index (χ0n) is 8.35. The van der Waals surface area contributed by atoms with E-state index < -0.39 is 12.0 Å². The van der Waals surface area contributed by atoms with Crippen LogP contribution < -0.4 is 0 Å². The monoisotopic (exact) mass is 215 g/mol. The fourth-order valence-corrected chi connectivity index (χ4v) is 3.83. The van der Waals surface area contributed by atoms with Gasteiger partial charge in [-0.3, -0.25) is 4.79 Å². The topological polar surface area (TPSA) is 57.6 Å². The first-order chi connectivity index (χ1) is 6.36. The van der Waals surface area contributed by atoms with E-state index in [1.807, 2.05) is 20.8 Å². The molecule has 0 spiro atoms. The number of rotatable bonds is 1. The van der Waals surface area contributed by atoms with Gasteiger partial charge in [0.15, 0.2) is 0 Å². The zero-order chi connectivity index (χ0) is 10.7. The Morgan fingerprint density at radius 3 is 2.64 bits per heavy atom. The Morgan fingerprint density at radius 2 is 2.14 bits per heavy atom. The van der Waals surface area contributed by atoms with Crippen LogP contribution in [0.4, 0.5) is 0 Å². The maximum absolute atomic E-state index is 11.5. The van der Waals surface area contributed by atoms with Gasteiger partial charge >= 0.3 is 5.97 Å². The molecule has 0 aromatic rings. The molecule has 0 radical (unpaired) electrons. The number of carboxylic acids is 1. The molecule has 1 amide bonds. The van der Waals surface area contributed by atoms with Crippen LogP contribution >= 0.6 is 11.8 Å². The Morgan fingerprint density at radius 1 is 1.57 bits per heavy atom. The molecule has 0 bridgehead atoms. The van der Waals surface area contributed by atoms with Gasteiger partial charge in [-0.1, -0.05) is 6.92 Å². The summed E-state index contributed by atoms with van der Waals surface area (Å²) in [4.78, 5) is 24.1. The van der Waals surface area contributed by atoms with Crippen molar-refractivity contribution >= 4 is 23.6 Å². The average molecular weight is 215 g/mol. The number of carbonyl (C=O) groups excluding carboxylic acids is 1. The predicted molar refractivity (Wildman–Crippen MR) is 52.9 cm³/mol. The van der Waals surface area contributed by atoms with Crippen LogP contribution in [0.3, 0.4) is 0 Å². The fourth-order valence-electron chi connectivity index (χ4n) is 2.20. The van der Waals surface area contributed by atoms with Gasteiger partial charge in [-0.15, -0.1) is 11.8 Å². The van der Waals surface area contributed by atoms with Crippen molar-refractivity contribution in [2.24, 2.45) is 5.92 Å². The smallest absolute Gasteiger partial charge is 0.327 e. The van der Waals surface area contributed by atoms with Crippen molar-refractivity contribution < 1.29 is 14.7 Å². The van der Waals surface area contributed by atoms with Gasteiger partial charge in [-0.2, -0.15) is 0 Å². The largest absolute Gasteiger partial charge is 0.480 e. The molecule has 2 heterocycles. The molecule has 4 nitrogen and oxygen atoms in total. The molecule has 78 valence electrons. The Bertz CT molecular complexity index is 315. The van der Waals surface area contributed by atoms with Crippen LogP contribution in [-0.4, -0.2) is 38.0 Å². The van der Waals surface area contributed by atoms with Crippen LogP contribution in [0.5, 0.6) is 0 Å². The number of aliphatic carboxylic acids is 1. The summed E-state index contributed by atoms with van der Waals surface area (Å²) in [7, 11) is 0. The molecule has 0 unspecified atom stereocenters. The maximum atomic E-state index is 11.5. The van der Waals surface area contributed by atoms with Crippen molar-refractivity contribution in [1.29, 1.82) is 0 Å². The van der Waals surface area contributed by atoms with Gasteiger partial charge < -0.3 is 10.0 Å². The van der Waals surface area contributed by atoms with Crippen LogP contribution in [0, 0.1) is 5.92 Å². The third-order valence-electron chi connectivity index (χ3n) is 2.94. The van der Waals surface area contributed by atoms with Crippen molar-refractivity contribution in [3.63, 3.8) is 0 Å². The molecular formula is C9H13NO3S. The Hall–Kier alpha value is -0.710. The van der Waals surface area contributed by atoms with Crippen molar-refractivity contribution in [3.05, 3.63) is 0 Å². The second-order valence-electron chi connectivity index (χ2n) is 4.39. The van der Waals surface area contributed by atoms with Crippen LogP contribution in [0.1, 0.15) is 20.8 Å². The molecule has 2 fully saturated rings. The predicted octanol–water partition coefficient (Wildman–Crippen LogP) is 0.769. The highest BCUT2D eigenvalue weighted by atomic mass is 32.2. The summed E-state index contributed by atoms with van der Waals surface area (Å²) >= 11 is 1.59. The number of amides is 1. The van der Waals surface area contributed by atoms with Crippen molar-refractivity contribution in [2.45, 2.75) is 36.9 Å². The number of hydrogen-bond acceptors (Lipinski definition) is 3. The molecule has 1 N–H and O–H groups in total. The maximum Gasteiger partial charge on any atom is 0.327 e. The number of β-lactam (4-membered cyclic amide) rings is 1. The van der Waals surface area contributed by atoms with E-state index in [1.54, 1.807) is 11.8 Å². The minimum Gasteiger partial charge on any atom is -0.480 e. The van der Waals surface area contributed by atoms with Gasteiger partial charge in [0.1, 0.15) is 6.04 Å². The van der Waals surface area contributed by atoms with E-state index in [9.17, 15) is 9.59 Å². The van der Waals surface area contributed by atoms with Crippen LogP contribution in [-0.2, 0) is 9.59 Å². The number of nitrogens with zero attached hydrogens (tertiary/aromatic N) is 1. The molecule has 0 aromatic heterocycles. The minimum atomic E-state index is -0.898. The second-order valence-corrected chi connectivity index (χ2v) is 6.16. The summed E-state index contributed by atoms with van der Waals surface area (Å²) in [6.07, 6.45) is 0. The lowest BCUT2D eigenvalue weighted by Gasteiger charge is -2.41. The molecule has 5 heteroatoms. The summed E-state index contributed by atoms with van der Waals surface area (Å²) in [5.41, 5.74) is 0. The molecular weight excluding hydrogens is 202 g/mol. The van der Waals surface area contributed by atoms with Gasteiger partial charge in [0.2, 0.25) is 5.91 Å². The lowest BCUT2D eigenvalue weighted by Crippen LogP contribution is -2.61. The summed E-state index contributed by atoms with van der Waals surface area (Å²) in [5, 5.41) is 9.14. The van der Waals surface area contributed by atoms with Crippen molar-refractivity contribution in [2.75, 3.05) is 0 Å². The highest BCUT2D eigenvalue weighted by Gasteiger charge is 2.62. The molecule has 2 aliphatic heterocycles.